The second-order valence-corrected chi connectivity index (χ2v) is 22.0. The van der Waals surface area contributed by atoms with Crippen molar-refractivity contribution in [3.05, 3.63) is 109 Å². The molecule has 0 aromatic rings. The lowest BCUT2D eigenvalue weighted by Crippen LogP contribution is -2.37. The van der Waals surface area contributed by atoms with Crippen LogP contribution in [0.2, 0.25) is 0 Å². The van der Waals surface area contributed by atoms with E-state index in [1.807, 2.05) is 33.3 Å². The van der Waals surface area contributed by atoms with Crippen LogP contribution in [-0.2, 0) is 32.7 Å². The van der Waals surface area contributed by atoms with Crippen molar-refractivity contribution in [1.82, 2.24) is 0 Å². The number of quaternary nitrogens is 1. The highest BCUT2D eigenvalue weighted by Crippen LogP contribution is 2.38. The van der Waals surface area contributed by atoms with Crippen LogP contribution < -0.4 is 4.89 Å². The topological polar surface area (TPSA) is 111 Å². The summed E-state index contributed by atoms with van der Waals surface area (Å²) >= 11 is 0. The molecule has 0 saturated heterocycles. The molecular formula is C64H110NO8P. The van der Waals surface area contributed by atoms with E-state index >= 15 is 0 Å². The number of esters is 2. The van der Waals surface area contributed by atoms with Crippen molar-refractivity contribution in [1.29, 1.82) is 0 Å². The first-order chi connectivity index (χ1) is 36.0. The van der Waals surface area contributed by atoms with Gasteiger partial charge in [0.25, 0.3) is 7.82 Å². The molecule has 0 rings (SSSR count). The number of likely N-dealkylation sites (N-methyl/N-ethyl adjacent to an activating group) is 1. The van der Waals surface area contributed by atoms with E-state index in [-0.39, 0.29) is 26.1 Å². The van der Waals surface area contributed by atoms with Crippen molar-refractivity contribution >= 4 is 19.8 Å². The van der Waals surface area contributed by atoms with Gasteiger partial charge in [-0.15, -0.1) is 0 Å². The van der Waals surface area contributed by atoms with Crippen LogP contribution in [0, 0.1) is 0 Å². The van der Waals surface area contributed by atoms with Gasteiger partial charge in [-0.2, -0.15) is 0 Å². The van der Waals surface area contributed by atoms with Gasteiger partial charge in [0.1, 0.15) is 19.8 Å². The van der Waals surface area contributed by atoms with Gasteiger partial charge in [-0.25, -0.2) is 0 Å². The Morgan fingerprint density at radius 2 is 0.757 bits per heavy atom. The zero-order valence-corrected chi connectivity index (χ0v) is 48.9. The first kappa shape index (κ1) is 70.7. The molecule has 0 amide bonds. The van der Waals surface area contributed by atoms with Crippen LogP contribution in [0.25, 0.3) is 0 Å². The molecule has 0 aliphatic heterocycles. The second kappa shape index (κ2) is 54.5. The maximum Gasteiger partial charge on any atom is 0.306 e. The minimum atomic E-state index is -4.65. The molecule has 0 saturated carbocycles. The number of hydrogen-bond donors (Lipinski definition) is 0. The van der Waals surface area contributed by atoms with Gasteiger partial charge in [-0.1, -0.05) is 245 Å². The lowest BCUT2D eigenvalue weighted by molar-refractivity contribution is -0.870. The van der Waals surface area contributed by atoms with Crippen LogP contribution in [-0.4, -0.2) is 70.0 Å². The third-order valence-electron chi connectivity index (χ3n) is 12.3. The van der Waals surface area contributed by atoms with Gasteiger partial charge in [0, 0.05) is 12.8 Å². The molecule has 2 atom stereocenters. The SMILES string of the molecule is CC/C=C\C/C=C\C/C=C\C/C=C\C/C=C\CCCCCCCCCCCCCCCCCCCCCCCC(=O)OC(COC(=O)CC/C=C\C/C=C\C/C=C\C/C=C\CC)COP(=O)([O-])OCC[N+](C)(C)C. The molecule has 0 heterocycles. The van der Waals surface area contributed by atoms with Crippen molar-refractivity contribution in [2.45, 2.75) is 238 Å². The summed E-state index contributed by atoms with van der Waals surface area (Å²) in [6.45, 7) is 3.92. The lowest BCUT2D eigenvalue weighted by atomic mass is 10.0. The maximum absolute atomic E-state index is 12.8. The summed E-state index contributed by atoms with van der Waals surface area (Å²) < 4.78 is 34.0. The first-order valence-corrected chi connectivity index (χ1v) is 31.1. The number of nitrogens with zero attached hydrogens (tertiary/aromatic N) is 1. The highest BCUT2D eigenvalue weighted by atomic mass is 31.2. The lowest BCUT2D eigenvalue weighted by Gasteiger charge is -2.28. The van der Waals surface area contributed by atoms with Gasteiger partial charge in [-0.05, 0) is 83.5 Å². The monoisotopic (exact) mass is 1050 g/mol. The highest BCUT2D eigenvalue weighted by Gasteiger charge is 2.21. The molecule has 10 heteroatoms. The Labute approximate surface area is 455 Å². The third-order valence-corrected chi connectivity index (χ3v) is 13.3. The summed E-state index contributed by atoms with van der Waals surface area (Å²) in [4.78, 5) is 37.7. The Morgan fingerprint density at radius 3 is 1.14 bits per heavy atom. The van der Waals surface area contributed by atoms with E-state index in [9.17, 15) is 19.0 Å². The highest BCUT2D eigenvalue weighted by molar-refractivity contribution is 7.45. The fourth-order valence-corrected chi connectivity index (χ4v) is 8.54. The molecule has 0 aromatic heterocycles. The number of phosphoric acid groups is 1. The number of allylic oxidation sites excluding steroid dienone is 18. The van der Waals surface area contributed by atoms with Crippen LogP contribution in [0.5, 0.6) is 0 Å². The van der Waals surface area contributed by atoms with Gasteiger partial charge >= 0.3 is 11.9 Å². The Bertz CT molecular complexity index is 1620. The van der Waals surface area contributed by atoms with Crippen molar-refractivity contribution in [3.8, 4) is 0 Å². The van der Waals surface area contributed by atoms with Crippen LogP contribution in [0.4, 0.5) is 0 Å². The minimum absolute atomic E-state index is 0.0444. The van der Waals surface area contributed by atoms with Crippen LogP contribution >= 0.6 is 7.82 Å². The Morgan fingerprint density at radius 1 is 0.419 bits per heavy atom. The number of ether oxygens (including phenoxy) is 2. The van der Waals surface area contributed by atoms with Gasteiger partial charge < -0.3 is 27.9 Å². The van der Waals surface area contributed by atoms with Crippen LogP contribution in [0.15, 0.2) is 109 Å². The Hall–Kier alpha value is -3.33. The number of carbonyl (C=O) groups excluding carboxylic acids is 2. The first-order valence-electron chi connectivity index (χ1n) is 29.6. The minimum Gasteiger partial charge on any atom is -0.756 e. The van der Waals surface area contributed by atoms with Crippen molar-refractivity contribution < 1.29 is 42.1 Å². The van der Waals surface area contributed by atoms with Crippen molar-refractivity contribution in [3.63, 3.8) is 0 Å². The normalized spacial score (nSPS) is 14.1. The fraction of sp³-hybridized carbons (Fsp3) is 0.688. The zero-order valence-electron chi connectivity index (χ0n) is 48.0. The Balaban J connectivity index is 4.00. The van der Waals surface area contributed by atoms with Crippen LogP contribution in [0.3, 0.4) is 0 Å². The summed E-state index contributed by atoms with van der Waals surface area (Å²) in [6.07, 6.45) is 76.2. The molecule has 0 radical (unpaired) electrons. The molecule has 9 nitrogen and oxygen atoms in total. The molecule has 424 valence electrons. The van der Waals surface area contributed by atoms with Crippen molar-refractivity contribution in [2.75, 3.05) is 47.5 Å². The molecule has 0 bridgehead atoms. The smallest absolute Gasteiger partial charge is 0.306 e. The molecule has 0 spiro atoms. The van der Waals surface area contributed by atoms with Crippen LogP contribution in [0.1, 0.15) is 232 Å². The molecule has 74 heavy (non-hydrogen) atoms. The quantitative estimate of drug-likeness (QED) is 0.0195. The van der Waals surface area contributed by atoms with E-state index in [0.717, 1.165) is 77.0 Å². The predicted molar refractivity (Wildman–Crippen MR) is 314 cm³/mol. The van der Waals surface area contributed by atoms with E-state index in [0.29, 0.717) is 23.9 Å². The largest absolute Gasteiger partial charge is 0.756 e. The van der Waals surface area contributed by atoms with Crippen molar-refractivity contribution in [2.24, 2.45) is 0 Å². The molecule has 2 unspecified atom stereocenters. The number of hydrogen-bond acceptors (Lipinski definition) is 8. The summed E-state index contributed by atoms with van der Waals surface area (Å²) in [7, 11) is 1.12. The average Bonchev–Trinajstić information content (AvgIpc) is 3.36. The molecule has 0 aliphatic carbocycles. The van der Waals surface area contributed by atoms with Gasteiger partial charge in [-0.3, -0.25) is 14.2 Å². The predicted octanol–water partition coefficient (Wildman–Crippen LogP) is 18.0. The zero-order chi connectivity index (χ0) is 54.2. The van der Waals surface area contributed by atoms with E-state index in [4.69, 9.17) is 18.5 Å². The molecular weight excluding hydrogens is 942 g/mol. The number of carbonyl (C=O) groups is 2. The standard InChI is InChI=1S/C64H110NO8P/c1-6-8-10-12-14-16-18-20-21-22-23-24-25-26-27-28-29-30-31-32-33-34-35-36-37-38-39-40-41-42-43-45-47-49-51-53-55-57-64(67)73-62(61-72-74(68,69)71-59-58-65(3,4)5)60-70-63(66)56-54-52-50-48-46-44-19-17-15-13-11-9-7-2/h8-11,14-17,20-21,23-24,26-27,44,46,50,52,62H,6-7,12-13,18-19,22,25,28-43,45,47-49,51,53-61H2,1-5H3/b10-8-,11-9-,16-14-,17-15-,21-20-,24-23-,27-26-,46-44-,52-50-. The number of unbranched alkanes of at least 4 members (excludes halogenated alkanes) is 21. The van der Waals surface area contributed by atoms with E-state index in [1.165, 1.54) is 116 Å². The van der Waals surface area contributed by atoms with Gasteiger partial charge in [0.15, 0.2) is 6.10 Å². The molecule has 0 fully saturated rings. The van der Waals surface area contributed by atoms with E-state index in [1.54, 1.807) is 0 Å². The third kappa shape index (κ3) is 57.9. The molecule has 0 aliphatic rings. The van der Waals surface area contributed by atoms with Gasteiger partial charge in [0.2, 0.25) is 0 Å². The summed E-state index contributed by atoms with van der Waals surface area (Å²) in [5, 5.41) is 0. The van der Waals surface area contributed by atoms with E-state index in [2.05, 4.69) is 111 Å². The summed E-state index contributed by atoms with van der Waals surface area (Å²) in [5.74, 6) is -0.928. The number of rotatable bonds is 53. The fourth-order valence-electron chi connectivity index (χ4n) is 7.81. The Kier molecular flexibility index (Phi) is 52.0. The molecule has 0 N–H and O–H groups in total. The summed E-state index contributed by atoms with van der Waals surface area (Å²) in [5.41, 5.74) is 0. The average molecular weight is 1050 g/mol. The number of phosphoric ester groups is 1. The maximum atomic E-state index is 12.8. The molecule has 0 aromatic carbocycles. The second-order valence-electron chi connectivity index (χ2n) is 20.6. The van der Waals surface area contributed by atoms with Gasteiger partial charge in [0.05, 0.1) is 27.7 Å². The van der Waals surface area contributed by atoms with E-state index < -0.39 is 32.5 Å². The summed E-state index contributed by atoms with van der Waals surface area (Å²) in [6, 6.07) is 0.